The summed E-state index contributed by atoms with van der Waals surface area (Å²) in [7, 11) is 1.42. The predicted octanol–water partition coefficient (Wildman–Crippen LogP) is 3.25. The molecule has 176 valence electrons. The molecule has 0 radical (unpaired) electrons. The minimum atomic E-state index is -4.93. The van der Waals surface area contributed by atoms with Crippen LogP contribution in [-0.4, -0.2) is 51.2 Å². The molecular formula is C22H20F3NO7. The maximum absolute atomic E-state index is 13.9. The van der Waals surface area contributed by atoms with Crippen LogP contribution in [0.15, 0.2) is 65.5 Å². The van der Waals surface area contributed by atoms with Gasteiger partial charge in [-0.1, -0.05) is 24.3 Å². The van der Waals surface area contributed by atoms with E-state index in [-0.39, 0.29) is 11.1 Å². The van der Waals surface area contributed by atoms with Gasteiger partial charge in [0.05, 0.1) is 5.56 Å². The lowest BCUT2D eigenvalue weighted by molar-refractivity contribution is -0.140. The van der Waals surface area contributed by atoms with Crippen molar-refractivity contribution in [1.82, 2.24) is 5.32 Å². The Morgan fingerprint density at radius 2 is 1.76 bits per heavy atom. The third-order valence-corrected chi connectivity index (χ3v) is 5.06. The first-order valence-corrected chi connectivity index (χ1v) is 9.53. The van der Waals surface area contributed by atoms with E-state index in [4.69, 9.17) is 4.74 Å². The van der Waals surface area contributed by atoms with Crippen LogP contribution in [0.5, 0.6) is 0 Å². The van der Waals surface area contributed by atoms with Crippen LogP contribution in [0.25, 0.3) is 11.1 Å². The fourth-order valence-electron chi connectivity index (χ4n) is 3.37. The Morgan fingerprint density at radius 3 is 2.36 bits per heavy atom. The first kappa shape index (κ1) is 24.0. The monoisotopic (exact) mass is 467 g/mol. The van der Waals surface area contributed by atoms with Gasteiger partial charge in [0.15, 0.2) is 17.6 Å². The molecule has 0 fully saturated rings. The number of halogens is 3. The van der Waals surface area contributed by atoms with E-state index in [1.54, 1.807) is 0 Å². The quantitative estimate of drug-likeness (QED) is 0.397. The molecule has 0 spiro atoms. The van der Waals surface area contributed by atoms with Crippen molar-refractivity contribution in [3.05, 3.63) is 82.2 Å². The van der Waals surface area contributed by atoms with E-state index in [0.717, 1.165) is 12.1 Å². The van der Waals surface area contributed by atoms with E-state index >= 15 is 0 Å². The maximum Gasteiger partial charge on any atom is 0.416 e. The second-order valence-corrected chi connectivity index (χ2v) is 7.11. The number of aliphatic hydroxyl groups excluding tert-OH is 5. The van der Waals surface area contributed by atoms with E-state index < -0.39 is 65.1 Å². The molecule has 1 aliphatic heterocycles. The van der Waals surface area contributed by atoms with E-state index in [0.29, 0.717) is 5.56 Å². The van der Waals surface area contributed by atoms with Crippen molar-refractivity contribution in [2.45, 2.75) is 18.4 Å². The second kappa shape index (κ2) is 9.04. The number of benzene rings is 2. The van der Waals surface area contributed by atoms with Crippen molar-refractivity contribution in [1.29, 1.82) is 0 Å². The molecule has 0 unspecified atom stereocenters. The Balaban J connectivity index is 2.07. The standard InChI is InChI=1S/C22H20F3NO7/c1-26-21(32)12-4-2-3-10(7-12)11-5-6-13(14(8-11)22(23,24)25)16(28)20-19(31)18(30)17(29)15(9-27)33-20/h2-8,16,20,27-31H,9H2,1H3,(H,26,32)/t16-,20+/m0/s1. The number of rotatable bonds is 5. The zero-order chi connectivity index (χ0) is 24.5. The van der Waals surface area contributed by atoms with Crippen molar-refractivity contribution in [3.63, 3.8) is 0 Å². The lowest BCUT2D eigenvalue weighted by atomic mass is 9.92. The van der Waals surface area contributed by atoms with Crippen molar-refractivity contribution < 1.29 is 48.2 Å². The number of hydrogen-bond donors (Lipinski definition) is 6. The minimum Gasteiger partial charge on any atom is -0.505 e. The van der Waals surface area contributed by atoms with Crippen molar-refractivity contribution in [2.24, 2.45) is 0 Å². The van der Waals surface area contributed by atoms with Crippen LogP contribution in [-0.2, 0) is 10.9 Å². The highest BCUT2D eigenvalue weighted by Crippen LogP contribution is 2.41. The van der Waals surface area contributed by atoms with Gasteiger partial charge in [-0.05, 0) is 34.9 Å². The summed E-state index contributed by atoms with van der Waals surface area (Å²) in [6.45, 7) is -0.945. The van der Waals surface area contributed by atoms with Crippen LogP contribution in [0.4, 0.5) is 13.2 Å². The Kier molecular flexibility index (Phi) is 6.56. The summed E-state index contributed by atoms with van der Waals surface area (Å²) in [5.41, 5.74) is -1.29. The number of aliphatic hydroxyl groups is 5. The lowest BCUT2D eigenvalue weighted by Gasteiger charge is -2.30. The largest absolute Gasteiger partial charge is 0.505 e. The molecule has 0 saturated carbocycles. The number of amides is 1. The van der Waals surface area contributed by atoms with Gasteiger partial charge in [0.25, 0.3) is 5.91 Å². The van der Waals surface area contributed by atoms with E-state index in [1.807, 2.05) is 0 Å². The van der Waals surface area contributed by atoms with Gasteiger partial charge in [-0.15, -0.1) is 0 Å². The summed E-state index contributed by atoms with van der Waals surface area (Å²) in [5.74, 6) is -4.29. The average molecular weight is 467 g/mol. The first-order valence-electron chi connectivity index (χ1n) is 9.53. The molecule has 2 atom stereocenters. The fraction of sp³-hybridized carbons (Fsp3) is 0.227. The molecule has 1 aliphatic rings. The summed E-state index contributed by atoms with van der Waals surface area (Å²) < 4.78 is 46.7. The van der Waals surface area contributed by atoms with E-state index in [2.05, 4.69) is 5.32 Å². The first-order chi connectivity index (χ1) is 15.5. The van der Waals surface area contributed by atoms with Crippen LogP contribution in [0.1, 0.15) is 27.6 Å². The smallest absolute Gasteiger partial charge is 0.416 e. The molecule has 0 bridgehead atoms. The van der Waals surface area contributed by atoms with Gasteiger partial charge in [0, 0.05) is 12.6 Å². The van der Waals surface area contributed by atoms with Crippen LogP contribution < -0.4 is 5.32 Å². The molecule has 6 N–H and O–H groups in total. The molecule has 33 heavy (non-hydrogen) atoms. The van der Waals surface area contributed by atoms with Gasteiger partial charge in [0.2, 0.25) is 11.5 Å². The summed E-state index contributed by atoms with van der Waals surface area (Å²) in [5, 5.41) is 51.7. The highest BCUT2D eigenvalue weighted by molar-refractivity contribution is 5.95. The second-order valence-electron chi connectivity index (χ2n) is 7.11. The zero-order valence-electron chi connectivity index (χ0n) is 17.1. The summed E-state index contributed by atoms with van der Waals surface area (Å²) in [6.07, 6.45) is -8.99. The van der Waals surface area contributed by atoms with E-state index in [1.165, 1.54) is 37.4 Å². The van der Waals surface area contributed by atoms with Gasteiger partial charge in [0.1, 0.15) is 12.7 Å². The van der Waals surface area contributed by atoms with Crippen LogP contribution >= 0.6 is 0 Å². The van der Waals surface area contributed by atoms with Gasteiger partial charge in [-0.2, -0.15) is 13.2 Å². The molecule has 1 amide bonds. The molecule has 2 aromatic rings. The highest BCUT2D eigenvalue weighted by atomic mass is 19.4. The Morgan fingerprint density at radius 1 is 1.09 bits per heavy atom. The Labute approximate surface area is 185 Å². The molecule has 0 aliphatic carbocycles. The molecule has 11 heteroatoms. The molecule has 8 nitrogen and oxygen atoms in total. The number of carbonyl (C=O) groups excluding carboxylic acids is 1. The molecule has 0 aromatic heterocycles. The molecular weight excluding hydrogens is 447 g/mol. The van der Waals surface area contributed by atoms with E-state index in [9.17, 15) is 43.5 Å². The normalized spacial score (nSPS) is 17.6. The summed E-state index contributed by atoms with van der Waals surface area (Å²) >= 11 is 0. The average Bonchev–Trinajstić information content (AvgIpc) is 2.81. The van der Waals surface area contributed by atoms with Gasteiger partial charge in [-0.3, -0.25) is 4.79 Å². The van der Waals surface area contributed by atoms with Gasteiger partial charge >= 0.3 is 6.18 Å². The van der Waals surface area contributed by atoms with Crippen molar-refractivity contribution in [3.8, 4) is 11.1 Å². The SMILES string of the molecule is CNC(=O)c1cccc(-c2ccc([C@H](O)[C@H]3OC(CO)=C(O)C(O)=C3O)c(C(F)(F)F)c2)c1. The minimum absolute atomic E-state index is 0.102. The number of nitrogens with one attached hydrogen (secondary N) is 1. The van der Waals surface area contributed by atoms with Crippen LogP contribution in [0.3, 0.4) is 0 Å². The number of alkyl halides is 3. The maximum atomic E-state index is 13.9. The van der Waals surface area contributed by atoms with Gasteiger partial charge < -0.3 is 35.6 Å². The Hall–Kier alpha value is -3.70. The predicted molar refractivity (Wildman–Crippen MR) is 109 cm³/mol. The summed E-state index contributed by atoms with van der Waals surface area (Å²) in [6, 6.07) is 8.94. The zero-order valence-corrected chi connectivity index (χ0v) is 17.1. The fourth-order valence-corrected chi connectivity index (χ4v) is 3.37. The van der Waals surface area contributed by atoms with Crippen molar-refractivity contribution >= 4 is 5.91 Å². The summed E-state index contributed by atoms with van der Waals surface area (Å²) in [4.78, 5) is 11.8. The highest BCUT2D eigenvalue weighted by Gasteiger charge is 2.41. The number of hydrogen-bond acceptors (Lipinski definition) is 7. The third kappa shape index (κ3) is 4.59. The number of carbonyl (C=O) groups is 1. The van der Waals surface area contributed by atoms with Crippen LogP contribution in [0, 0.1) is 0 Å². The molecule has 0 saturated heterocycles. The molecule has 1 heterocycles. The number of ether oxygens (including phenoxy) is 1. The molecule has 2 aromatic carbocycles. The van der Waals surface area contributed by atoms with Gasteiger partial charge in [-0.25, -0.2) is 0 Å². The topological polar surface area (TPSA) is 139 Å². The third-order valence-electron chi connectivity index (χ3n) is 5.06. The lowest BCUT2D eigenvalue weighted by Crippen LogP contribution is -2.31. The van der Waals surface area contributed by atoms with Crippen molar-refractivity contribution in [2.75, 3.05) is 13.7 Å². The Bertz CT molecular complexity index is 1140. The van der Waals surface area contributed by atoms with Crippen LogP contribution in [0.2, 0.25) is 0 Å². The molecule has 3 rings (SSSR count).